The molecular formula is C19H18N2O3S. The van der Waals surface area contributed by atoms with Gasteiger partial charge in [-0.2, -0.15) is 0 Å². The summed E-state index contributed by atoms with van der Waals surface area (Å²) in [5.41, 5.74) is 2.22. The Labute approximate surface area is 150 Å². The van der Waals surface area contributed by atoms with Crippen LogP contribution in [-0.2, 0) is 6.54 Å². The molecule has 2 aromatic heterocycles. The highest BCUT2D eigenvalue weighted by Gasteiger charge is 2.12. The zero-order chi connectivity index (χ0) is 17.6. The van der Waals surface area contributed by atoms with Gasteiger partial charge in [-0.1, -0.05) is 18.2 Å². The van der Waals surface area contributed by atoms with Gasteiger partial charge in [-0.05, 0) is 29.6 Å². The number of rotatable bonds is 6. The van der Waals surface area contributed by atoms with E-state index in [0.717, 1.165) is 16.1 Å². The topological polar surface area (TPSA) is 60.5 Å². The molecule has 0 aliphatic rings. The fourth-order valence-corrected chi connectivity index (χ4v) is 3.17. The summed E-state index contributed by atoms with van der Waals surface area (Å²) >= 11 is 1.62. The van der Waals surface area contributed by atoms with Crippen LogP contribution in [0.1, 0.15) is 15.9 Å². The number of benzene rings is 1. The highest BCUT2D eigenvalue weighted by molar-refractivity contribution is 7.13. The first-order valence-corrected chi connectivity index (χ1v) is 8.59. The fraction of sp³-hybridized carbons (Fsp3) is 0.158. The summed E-state index contributed by atoms with van der Waals surface area (Å²) in [5.74, 6) is 1.07. The zero-order valence-corrected chi connectivity index (χ0v) is 14.8. The van der Waals surface area contributed by atoms with Crippen LogP contribution in [-0.4, -0.2) is 25.1 Å². The molecule has 0 fully saturated rings. The fourth-order valence-electron chi connectivity index (χ4n) is 2.47. The molecule has 0 aliphatic carbocycles. The van der Waals surface area contributed by atoms with Crippen molar-refractivity contribution in [1.29, 1.82) is 0 Å². The number of pyridine rings is 1. The Bertz CT molecular complexity index is 846. The molecule has 5 nitrogen and oxygen atoms in total. The second kappa shape index (κ2) is 7.81. The molecule has 0 saturated heterocycles. The molecule has 3 rings (SSSR count). The van der Waals surface area contributed by atoms with Crippen LogP contribution < -0.4 is 14.8 Å². The quantitative estimate of drug-likeness (QED) is 0.732. The number of amides is 1. The van der Waals surface area contributed by atoms with Crippen molar-refractivity contribution < 1.29 is 14.3 Å². The van der Waals surface area contributed by atoms with E-state index in [9.17, 15) is 4.79 Å². The molecule has 25 heavy (non-hydrogen) atoms. The molecule has 3 aromatic rings. The molecule has 2 heterocycles. The number of nitrogens with zero attached hydrogens (tertiary/aromatic N) is 1. The lowest BCUT2D eigenvalue weighted by Gasteiger charge is -2.13. The van der Waals surface area contributed by atoms with Crippen LogP contribution in [0.15, 0.2) is 54.0 Å². The van der Waals surface area contributed by atoms with E-state index in [1.807, 2.05) is 41.8 Å². The Morgan fingerprint density at radius 1 is 1.12 bits per heavy atom. The number of carbonyl (C=O) groups is 1. The molecule has 0 aliphatic heterocycles. The molecule has 1 aromatic carbocycles. The van der Waals surface area contributed by atoms with Crippen LogP contribution in [0, 0.1) is 0 Å². The van der Waals surface area contributed by atoms with E-state index in [1.54, 1.807) is 37.8 Å². The first-order chi connectivity index (χ1) is 12.2. The van der Waals surface area contributed by atoms with Gasteiger partial charge < -0.3 is 14.8 Å². The van der Waals surface area contributed by atoms with Crippen molar-refractivity contribution in [3.8, 4) is 22.1 Å². The molecule has 1 N–H and O–H groups in total. The summed E-state index contributed by atoms with van der Waals surface area (Å²) in [6, 6.07) is 13.2. The SMILES string of the molecule is COc1cccc(CNC(=O)c2ccc(-c3cccs3)nc2)c1OC. The Balaban J connectivity index is 1.69. The molecule has 0 saturated carbocycles. The molecular weight excluding hydrogens is 336 g/mol. The van der Waals surface area contributed by atoms with E-state index in [0.29, 0.717) is 23.6 Å². The van der Waals surface area contributed by atoms with Crippen molar-refractivity contribution in [2.45, 2.75) is 6.54 Å². The molecule has 0 bridgehead atoms. The first kappa shape index (κ1) is 17.0. The molecule has 1 amide bonds. The van der Waals surface area contributed by atoms with Crippen LogP contribution in [0.4, 0.5) is 0 Å². The molecule has 128 valence electrons. The Kier molecular flexibility index (Phi) is 5.30. The molecule has 6 heteroatoms. The predicted octanol–water partition coefficient (Wildman–Crippen LogP) is 3.76. The molecule has 0 atom stereocenters. The highest BCUT2D eigenvalue weighted by atomic mass is 32.1. The predicted molar refractivity (Wildman–Crippen MR) is 98.3 cm³/mol. The van der Waals surface area contributed by atoms with Gasteiger partial charge in [0.1, 0.15) is 0 Å². The Morgan fingerprint density at radius 3 is 2.64 bits per heavy atom. The van der Waals surface area contributed by atoms with Crippen molar-refractivity contribution >= 4 is 17.2 Å². The molecule has 0 radical (unpaired) electrons. The van der Waals surface area contributed by atoms with Crippen LogP contribution >= 0.6 is 11.3 Å². The number of ether oxygens (including phenoxy) is 2. The normalized spacial score (nSPS) is 10.3. The monoisotopic (exact) mass is 354 g/mol. The van der Waals surface area contributed by atoms with Crippen molar-refractivity contribution in [2.24, 2.45) is 0 Å². The van der Waals surface area contributed by atoms with Gasteiger partial charge in [-0.15, -0.1) is 11.3 Å². The molecule has 0 unspecified atom stereocenters. The smallest absolute Gasteiger partial charge is 0.253 e. The minimum Gasteiger partial charge on any atom is -0.493 e. The van der Waals surface area contributed by atoms with Crippen molar-refractivity contribution in [1.82, 2.24) is 10.3 Å². The summed E-state index contributed by atoms with van der Waals surface area (Å²) in [6.07, 6.45) is 1.59. The number of hydrogen-bond donors (Lipinski definition) is 1. The van der Waals surface area contributed by atoms with E-state index < -0.39 is 0 Å². The van der Waals surface area contributed by atoms with E-state index in [2.05, 4.69) is 10.3 Å². The van der Waals surface area contributed by atoms with E-state index in [1.165, 1.54) is 0 Å². The summed E-state index contributed by atoms with van der Waals surface area (Å²) in [6.45, 7) is 0.339. The summed E-state index contributed by atoms with van der Waals surface area (Å²) in [5, 5.41) is 4.88. The number of nitrogens with one attached hydrogen (secondary N) is 1. The number of carbonyl (C=O) groups excluding carboxylic acids is 1. The second-order valence-electron chi connectivity index (χ2n) is 5.24. The van der Waals surface area contributed by atoms with Crippen LogP contribution in [0.25, 0.3) is 10.6 Å². The lowest BCUT2D eigenvalue weighted by atomic mass is 10.1. The van der Waals surface area contributed by atoms with Gasteiger partial charge in [0.2, 0.25) is 0 Å². The van der Waals surface area contributed by atoms with Crippen LogP contribution in [0.2, 0.25) is 0 Å². The van der Waals surface area contributed by atoms with Gasteiger partial charge in [-0.25, -0.2) is 0 Å². The van der Waals surface area contributed by atoms with E-state index in [4.69, 9.17) is 9.47 Å². The minimum absolute atomic E-state index is 0.185. The van der Waals surface area contributed by atoms with Crippen LogP contribution in [0.5, 0.6) is 11.5 Å². The standard InChI is InChI=1S/C19H18N2O3S/c1-23-16-6-3-5-13(18(16)24-2)11-21-19(22)14-8-9-15(20-12-14)17-7-4-10-25-17/h3-10,12H,11H2,1-2H3,(H,21,22). The number of aromatic nitrogens is 1. The maximum absolute atomic E-state index is 12.3. The summed E-state index contributed by atoms with van der Waals surface area (Å²) < 4.78 is 10.6. The second-order valence-corrected chi connectivity index (χ2v) is 6.19. The maximum Gasteiger partial charge on any atom is 0.253 e. The molecule has 0 spiro atoms. The minimum atomic E-state index is -0.185. The first-order valence-electron chi connectivity index (χ1n) is 7.71. The van der Waals surface area contributed by atoms with E-state index in [-0.39, 0.29) is 5.91 Å². The Morgan fingerprint density at radius 2 is 2.00 bits per heavy atom. The zero-order valence-electron chi connectivity index (χ0n) is 14.0. The van der Waals surface area contributed by atoms with E-state index >= 15 is 0 Å². The van der Waals surface area contributed by atoms with Gasteiger partial charge in [0, 0.05) is 18.3 Å². The van der Waals surface area contributed by atoms with Crippen LogP contribution in [0.3, 0.4) is 0 Å². The van der Waals surface area contributed by atoms with Crippen molar-refractivity contribution in [3.05, 3.63) is 65.2 Å². The lowest BCUT2D eigenvalue weighted by molar-refractivity contribution is 0.0950. The van der Waals surface area contributed by atoms with Crippen molar-refractivity contribution in [2.75, 3.05) is 14.2 Å². The number of para-hydroxylation sites is 1. The number of methoxy groups -OCH3 is 2. The largest absolute Gasteiger partial charge is 0.493 e. The van der Waals surface area contributed by atoms with Gasteiger partial charge >= 0.3 is 0 Å². The third-order valence-electron chi connectivity index (χ3n) is 3.72. The summed E-state index contributed by atoms with van der Waals surface area (Å²) in [4.78, 5) is 17.8. The highest BCUT2D eigenvalue weighted by Crippen LogP contribution is 2.30. The lowest BCUT2D eigenvalue weighted by Crippen LogP contribution is -2.23. The Hall–Kier alpha value is -2.86. The number of hydrogen-bond acceptors (Lipinski definition) is 5. The van der Waals surface area contributed by atoms with Gasteiger partial charge in [0.15, 0.2) is 11.5 Å². The average Bonchev–Trinajstić information content (AvgIpc) is 3.20. The summed E-state index contributed by atoms with van der Waals surface area (Å²) in [7, 11) is 3.16. The maximum atomic E-state index is 12.3. The number of thiophene rings is 1. The van der Waals surface area contributed by atoms with Gasteiger partial charge in [0.05, 0.1) is 30.4 Å². The average molecular weight is 354 g/mol. The van der Waals surface area contributed by atoms with Crippen molar-refractivity contribution in [3.63, 3.8) is 0 Å². The van der Waals surface area contributed by atoms with Gasteiger partial charge in [-0.3, -0.25) is 9.78 Å². The third-order valence-corrected chi connectivity index (χ3v) is 4.62. The third kappa shape index (κ3) is 3.80. The van der Waals surface area contributed by atoms with Gasteiger partial charge in [0.25, 0.3) is 5.91 Å².